The number of cyclic esters (lactones) is 1. The van der Waals surface area contributed by atoms with Gasteiger partial charge in [0.1, 0.15) is 28.6 Å². The van der Waals surface area contributed by atoms with Crippen molar-refractivity contribution in [2.45, 2.75) is 63.9 Å². The Balaban J connectivity index is 1.79. The molecule has 1 N–H and O–H groups in total. The quantitative estimate of drug-likeness (QED) is 0.498. The molecule has 2 aromatic rings. The number of hydrogen-bond donors (Lipinski definition) is 1. The molecule has 3 heterocycles. The van der Waals surface area contributed by atoms with E-state index in [9.17, 15) is 19.5 Å². The fourth-order valence-corrected chi connectivity index (χ4v) is 4.25. The normalized spacial score (nSPS) is 23.3. The van der Waals surface area contributed by atoms with Gasteiger partial charge in [-0.15, -0.1) is 0 Å². The Morgan fingerprint density at radius 1 is 1.12 bits per heavy atom. The molecule has 0 saturated carbocycles. The Morgan fingerprint density at radius 3 is 2.72 bits per heavy atom. The number of ketones is 1. The highest BCUT2D eigenvalue weighted by atomic mass is 16.5. The predicted octanol–water partition coefficient (Wildman–Crippen LogP) is 4.91. The van der Waals surface area contributed by atoms with Crippen LogP contribution in [0.1, 0.15) is 85.0 Å². The van der Waals surface area contributed by atoms with Crippen LogP contribution in [-0.4, -0.2) is 28.9 Å². The molecule has 1 aromatic carbocycles. The van der Waals surface area contributed by atoms with Crippen LogP contribution >= 0.6 is 0 Å². The number of fused-ring (bicyclic) bond motifs is 2. The van der Waals surface area contributed by atoms with Crippen molar-refractivity contribution in [3.8, 4) is 11.5 Å². The third-order valence-corrected chi connectivity index (χ3v) is 5.86. The molecular weight excluding hydrogens is 412 g/mol. The zero-order valence-corrected chi connectivity index (χ0v) is 18.0. The van der Waals surface area contributed by atoms with E-state index in [0.717, 1.165) is 0 Å². The lowest BCUT2D eigenvalue weighted by molar-refractivity contribution is -0.135. The Hall–Kier alpha value is -3.35. The van der Waals surface area contributed by atoms with Crippen molar-refractivity contribution in [2.75, 3.05) is 0 Å². The van der Waals surface area contributed by atoms with Gasteiger partial charge in [-0.2, -0.15) is 0 Å². The number of ether oxygens (including phenoxy) is 2. The molecule has 0 fully saturated rings. The second kappa shape index (κ2) is 9.42. The average Bonchev–Trinajstić information content (AvgIpc) is 3.27. The first-order chi connectivity index (χ1) is 15.4. The zero-order chi connectivity index (χ0) is 22.7. The Kier molecular flexibility index (Phi) is 6.44. The van der Waals surface area contributed by atoms with Gasteiger partial charge in [-0.25, -0.2) is 4.79 Å². The molecule has 0 unspecified atom stereocenters. The average molecular weight is 438 g/mol. The number of esters is 2. The number of phenols is 1. The van der Waals surface area contributed by atoms with Crippen LogP contribution in [0.25, 0.3) is 6.08 Å². The summed E-state index contributed by atoms with van der Waals surface area (Å²) in [5.41, 5.74) is 0.771. The van der Waals surface area contributed by atoms with Gasteiger partial charge in [0.05, 0.1) is 24.7 Å². The van der Waals surface area contributed by atoms with E-state index in [4.69, 9.17) is 13.9 Å². The first-order valence-corrected chi connectivity index (χ1v) is 11.0. The summed E-state index contributed by atoms with van der Waals surface area (Å²) in [6.07, 6.45) is 8.13. The lowest BCUT2D eigenvalue weighted by Crippen LogP contribution is -2.23. The van der Waals surface area contributed by atoms with Crippen LogP contribution in [0, 0.1) is 0 Å². The number of carbonyl (C=O) groups excluding carboxylic acids is 3. The molecule has 168 valence electrons. The van der Waals surface area contributed by atoms with Crippen LogP contribution in [0.2, 0.25) is 0 Å². The molecule has 4 rings (SSSR count). The second-order valence-electron chi connectivity index (χ2n) is 8.29. The van der Waals surface area contributed by atoms with Crippen molar-refractivity contribution >= 4 is 23.8 Å². The van der Waals surface area contributed by atoms with E-state index in [2.05, 4.69) is 0 Å². The molecule has 0 bridgehead atoms. The molecule has 0 spiro atoms. The number of aromatic hydroxyl groups is 1. The van der Waals surface area contributed by atoms with E-state index < -0.39 is 24.0 Å². The number of furan rings is 1. The maximum atomic E-state index is 13.1. The zero-order valence-electron chi connectivity index (χ0n) is 18.0. The minimum Gasteiger partial charge on any atom is -0.507 e. The summed E-state index contributed by atoms with van der Waals surface area (Å²) >= 11 is 0. The third-order valence-electron chi connectivity index (χ3n) is 5.86. The Bertz CT molecular complexity index is 1050. The van der Waals surface area contributed by atoms with Crippen molar-refractivity contribution in [2.24, 2.45) is 0 Å². The standard InChI is InChI=1S/C25H26O7/c1-15-7-5-10-17(26)9-4-2-3-8-16-13-20-23(24(28)22(16)25(29)31-15)18(14-21(27)32-20)19-11-6-12-30-19/h3,6,8,11-13,15,18,28H,2,4-5,7,9-10,14H2,1H3/b8-3+/t15-,18-/m0/s1. The van der Waals surface area contributed by atoms with Gasteiger partial charge in [-0.3, -0.25) is 9.59 Å². The van der Waals surface area contributed by atoms with E-state index in [1.165, 1.54) is 6.26 Å². The van der Waals surface area contributed by atoms with E-state index in [1.54, 1.807) is 31.2 Å². The van der Waals surface area contributed by atoms with Crippen LogP contribution in [0.15, 0.2) is 35.0 Å². The molecule has 0 amide bonds. The maximum Gasteiger partial charge on any atom is 0.342 e. The van der Waals surface area contributed by atoms with Gasteiger partial charge in [-0.05, 0) is 56.4 Å². The van der Waals surface area contributed by atoms with Crippen molar-refractivity contribution in [1.82, 2.24) is 0 Å². The van der Waals surface area contributed by atoms with Gasteiger partial charge in [0.15, 0.2) is 0 Å². The molecule has 0 aliphatic carbocycles. The first-order valence-electron chi connectivity index (χ1n) is 11.0. The Labute approximate surface area is 186 Å². The van der Waals surface area contributed by atoms with Crippen molar-refractivity contribution in [1.29, 1.82) is 0 Å². The summed E-state index contributed by atoms with van der Waals surface area (Å²) in [4.78, 5) is 37.3. The van der Waals surface area contributed by atoms with Crippen LogP contribution in [0.3, 0.4) is 0 Å². The van der Waals surface area contributed by atoms with E-state index in [1.807, 2.05) is 6.08 Å². The maximum absolute atomic E-state index is 13.1. The number of hydrogen-bond acceptors (Lipinski definition) is 7. The fourth-order valence-electron chi connectivity index (χ4n) is 4.25. The van der Waals surface area contributed by atoms with Gasteiger partial charge in [0.25, 0.3) is 0 Å². The number of phenolic OH excluding ortho intramolecular Hbond substituents is 1. The van der Waals surface area contributed by atoms with Crippen LogP contribution in [0.5, 0.6) is 11.5 Å². The van der Waals surface area contributed by atoms with Crippen LogP contribution in [-0.2, 0) is 14.3 Å². The van der Waals surface area contributed by atoms with E-state index in [0.29, 0.717) is 55.4 Å². The summed E-state index contributed by atoms with van der Waals surface area (Å²) < 4.78 is 16.5. The van der Waals surface area contributed by atoms with Crippen molar-refractivity contribution < 1.29 is 33.4 Å². The van der Waals surface area contributed by atoms with Gasteiger partial charge >= 0.3 is 11.9 Å². The highest BCUT2D eigenvalue weighted by Crippen LogP contribution is 2.47. The number of Topliss-reactive ketones (excluding diaryl/α,β-unsaturated/α-hetero) is 1. The van der Waals surface area contributed by atoms with Gasteiger partial charge in [-0.1, -0.05) is 12.2 Å². The SMILES string of the molecule is C[C@H]1CCCC(=O)CCC/C=C/c2cc3c(c(O)c2C(=O)O1)[C@H](c1ccco1)CC(=O)O3. The molecule has 2 atom stereocenters. The summed E-state index contributed by atoms with van der Waals surface area (Å²) in [5.74, 6) is -1.04. The van der Waals surface area contributed by atoms with Crippen LogP contribution in [0.4, 0.5) is 0 Å². The molecule has 2 aliphatic rings. The van der Waals surface area contributed by atoms with Crippen molar-refractivity contribution in [3.05, 3.63) is 53.0 Å². The topological polar surface area (TPSA) is 103 Å². The molecule has 7 nitrogen and oxygen atoms in total. The van der Waals surface area contributed by atoms with Gasteiger partial charge < -0.3 is 19.0 Å². The molecule has 1 aromatic heterocycles. The number of carbonyl (C=O) groups is 3. The first kappa shape index (κ1) is 21.9. The summed E-state index contributed by atoms with van der Waals surface area (Å²) in [5, 5.41) is 11.2. The molecule has 2 aliphatic heterocycles. The highest BCUT2D eigenvalue weighted by molar-refractivity contribution is 5.98. The van der Waals surface area contributed by atoms with E-state index in [-0.39, 0.29) is 29.3 Å². The smallest absolute Gasteiger partial charge is 0.342 e. The fraction of sp³-hybridized carbons (Fsp3) is 0.400. The number of allylic oxidation sites excluding steroid dienone is 1. The third kappa shape index (κ3) is 4.61. The molecule has 32 heavy (non-hydrogen) atoms. The molecule has 0 radical (unpaired) electrons. The molecule has 0 saturated heterocycles. The number of rotatable bonds is 1. The minimum atomic E-state index is -0.657. The summed E-state index contributed by atoms with van der Waals surface area (Å²) in [7, 11) is 0. The summed E-state index contributed by atoms with van der Waals surface area (Å²) in [6.45, 7) is 1.77. The highest BCUT2D eigenvalue weighted by Gasteiger charge is 2.36. The largest absolute Gasteiger partial charge is 0.507 e. The second-order valence-corrected chi connectivity index (χ2v) is 8.29. The van der Waals surface area contributed by atoms with Crippen LogP contribution < -0.4 is 4.74 Å². The lowest BCUT2D eigenvalue weighted by atomic mass is 9.86. The summed E-state index contributed by atoms with van der Waals surface area (Å²) in [6, 6.07) is 5.01. The predicted molar refractivity (Wildman–Crippen MR) is 116 cm³/mol. The molecular formula is C25H26O7. The lowest BCUT2D eigenvalue weighted by Gasteiger charge is -2.26. The Morgan fingerprint density at radius 2 is 1.94 bits per heavy atom. The monoisotopic (exact) mass is 438 g/mol. The molecule has 7 heteroatoms. The minimum absolute atomic E-state index is 0.0117. The van der Waals surface area contributed by atoms with Gasteiger partial charge in [0, 0.05) is 18.4 Å². The van der Waals surface area contributed by atoms with Crippen molar-refractivity contribution in [3.63, 3.8) is 0 Å². The van der Waals surface area contributed by atoms with E-state index >= 15 is 0 Å². The van der Waals surface area contributed by atoms with Gasteiger partial charge in [0.2, 0.25) is 0 Å². The number of benzene rings is 1.